The lowest BCUT2D eigenvalue weighted by Crippen LogP contribution is -2.05. The molecule has 0 unspecified atom stereocenters. The number of fused-ring (bicyclic) bond motifs is 1. The zero-order chi connectivity index (χ0) is 19.0. The van der Waals surface area contributed by atoms with Gasteiger partial charge in [0.15, 0.2) is 5.03 Å². The Bertz CT molecular complexity index is 1230. The predicted octanol–water partition coefficient (Wildman–Crippen LogP) is 5.70. The van der Waals surface area contributed by atoms with Gasteiger partial charge in [-0.05, 0) is 54.4 Å². The summed E-state index contributed by atoms with van der Waals surface area (Å²) in [7, 11) is -3.73. The smallest absolute Gasteiger partial charge is 0.223 e. The molecule has 0 saturated heterocycles. The van der Waals surface area contributed by atoms with Gasteiger partial charge in [0, 0.05) is 10.4 Å². The summed E-state index contributed by atoms with van der Waals surface area (Å²) in [6.45, 7) is 1.92. The number of nitrogens with zero attached hydrogens (tertiary/aromatic N) is 1. The molecule has 0 radical (unpaired) electrons. The third kappa shape index (κ3) is 3.34. The average molecular weight is 394 g/mol. The normalized spacial score (nSPS) is 11.6. The molecule has 0 atom stereocenters. The van der Waals surface area contributed by atoms with Gasteiger partial charge in [0.2, 0.25) is 9.84 Å². The molecule has 4 rings (SSSR count). The van der Waals surface area contributed by atoms with Gasteiger partial charge < -0.3 is 0 Å². The molecule has 0 saturated carbocycles. The highest BCUT2D eigenvalue weighted by Crippen LogP contribution is 2.33. The van der Waals surface area contributed by atoms with Crippen molar-refractivity contribution >= 4 is 32.3 Å². The molecule has 0 aliphatic rings. The van der Waals surface area contributed by atoms with Crippen molar-refractivity contribution in [2.75, 3.05) is 0 Å². The van der Waals surface area contributed by atoms with Crippen molar-refractivity contribution in [3.8, 4) is 11.1 Å². The number of benzene rings is 3. The van der Waals surface area contributed by atoms with Gasteiger partial charge in [-0.1, -0.05) is 59.6 Å². The fourth-order valence-corrected chi connectivity index (χ4v) is 4.41. The summed E-state index contributed by atoms with van der Waals surface area (Å²) in [5.74, 6) is 0. The van der Waals surface area contributed by atoms with Crippen LogP contribution in [0.3, 0.4) is 0 Å². The summed E-state index contributed by atoms with van der Waals surface area (Å²) < 4.78 is 26.3. The van der Waals surface area contributed by atoms with Gasteiger partial charge >= 0.3 is 0 Å². The van der Waals surface area contributed by atoms with E-state index in [2.05, 4.69) is 4.98 Å². The number of aryl methyl sites for hydroxylation is 1. The number of sulfone groups is 1. The van der Waals surface area contributed by atoms with E-state index in [9.17, 15) is 8.42 Å². The summed E-state index contributed by atoms with van der Waals surface area (Å²) in [5.41, 5.74) is 3.28. The van der Waals surface area contributed by atoms with Crippen LogP contribution >= 0.6 is 11.6 Å². The molecule has 0 aliphatic carbocycles. The number of rotatable bonds is 3. The van der Waals surface area contributed by atoms with E-state index in [-0.39, 0.29) is 9.92 Å². The van der Waals surface area contributed by atoms with Crippen LogP contribution in [-0.4, -0.2) is 13.4 Å². The van der Waals surface area contributed by atoms with Crippen molar-refractivity contribution < 1.29 is 8.42 Å². The molecule has 27 heavy (non-hydrogen) atoms. The lowest BCUT2D eigenvalue weighted by molar-refractivity contribution is 0.593. The van der Waals surface area contributed by atoms with Crippen LogP contribution in [-0.2, 0) is 9.84 Å². The highest BCUT2D eigenvalue weighted by molar-refractivity contribution is 7.91. The first-order valence-corrected chi connectivity index (χ1v) is 10.3. The topological polar surface area (TPSA) is 47.0 Å². The molecule has 1 heterocycles. The zero-order valence-corrected chi connectivity index (χ0v) is 16.1. The second kappa shape index (κ2) is 6.80. The fourth-order valence-electron chi connectivity index (χ4n) is 3.01. The molecule has 0 fully saturated rings. The number of hydrogen-bond donors (Lipinski definition) is 0. The number of aromatic nitrogens is 1. The first-order valence-electron chi connectivity index (χ1n) is 8.43. The van der Waals surface area contributed by atoms with Gasteiger partial charge in [0.25, 0.3) is 0 Å². The molecule has 0 spiro atoms. The second-order valence-corrected chi connectivity index (χ2v) is 8.69. The van der Waals surface area contributed by atoms with Crippen molar-refractivity contribution in [3.05, 3.63) is 89.4 Å². The van der Waals surface area contributed by atoms with E-state index in [0.717, 1.165) is 22.1 Å². The first kappa shape index (κ1) is 17.7. The number of pyridine rings is 1. The Labute approximate surface area is 163 Å². The molecule has 0 aliphatic heterocycles. The molecule has 1 aromatic heterocycles. The monoisotopic (exact) mass is 393 g/mol. The van der Waals surface area contributed by atoms with Crippen molar-refractivity contribution in [1.29, 1.82) is 0 Å². The zero-order valence-electron chi connectivity index (χ0n) is 14.6. The average Bonchev–Trinajstić information content (AvgIpc) is 2.68. The summed E-state index contributed by atoms with van der Waals surface area (Å²) in [6.07, 6.45) is 0. The predicted molar refractivity (Wildman–Crippen MR) is 109 cm³/mol. The van der Waals surface area contributed by atoms with Gasteiger partial charge in [-0.25, -0.2) is 13.4 Å². The number of hydrogen-bond acceptors (Lipinski definition) is 3. The van der Waals surface area contributed by atoms with Gasteiger partial charge in [-0.3, -0.25) is 0 Å². The quantitative estimate of drug-likeness (QED) is 0.448. The maximum Gasteiger partial charge on any atom is 0.223 e. The van der Waals surface area contributed by atoms with Gasteiger partial charge in [-0.2, -0.15) is 0 Å². The van der Waals surface area contributed by atoms with Crippen LogP contribution in [0.15, 0.2) is 88.8 Å². The molecule has 5 heteroatoms. The van der Waals surface area contributed by atoms with Crippen LogP contribution in [0.25, 0.3) is 22.0 Å². The molecule has 0 amide bonds. The maximum absolute atomic E-state index is 13.2. The summed E-state index contributed by atoms with van der Waals surface area (Å²) in [4.78, 5) is 4.66. The van der Waals surface area contributed by atoms with Crippen molar-refractivity contribution in [2.24, 2.45) is 0 Å². The minimum Gasteiger partial charge on any atom is -0.236 e. The summed E-state index contributed by atoms with van der Waals surface area (Å²) in [6, 6.07) is 23.3. The Kier molecular flexibility index (Phi) is 4.46. The van der Waals surface area contributed by atoms with E-state index in [0.29, 0.717) is 10.5 Å². The SMILES string of the molecule is Cc1ccc(S(=O)(=O)c2cc(-c3ccccc3)c3cc(Cl)ccc3n2)cc1. The van der Waals surface area contributed by atoms with Gasteiger partial charge in [0.05, 0.1) is 10.4 Å². The van der Waals surface area contributed by atoms with E-state index in [4.69, 9.17) is 11.6 Å². The standard InChI is InChI=1S/C22H16ClNO2S/c1-15-7-10-18(11-8-15)27(25,26)22-14-19(16-5-3-2-4-6-16)20-13-17(23)9-12-21(20)24-22/h2-14H,1H3. The second-order valence-electron chi connectivity index (χ2n) is 6.35. The highest BCUT2D eigenvalue weighted by atomic mass is 35.5. The molecule has 3 aromatic carbocycles. The van der Waals surface area contributed by atoms with E-state index in [1.54, 1.807) is 42.5 Å². The lowest BCUT2D eigenvalue weighted by Gasteiger charge is -2.11. The fraction of sp³-hybridized carbons (Fsp3) is 0.0455. The molecule has 4 aromatic rings. The minimum absolute atomic E-state index is 0.0278. The third-order valence-corrected chi connectivity index (χ3v) is 6.33. The molecular weight excluding hydrogens is 378 g/mol. The van der Waals surface area contributed by atoms with E-state index >= 15 is 0 Å². The van der Waals surface area contributed by atoms with Crippen LogP contribution in [0.2, 0.25) is 5.02 Å². The van der Waals surface area contributed by atoms with Crippen molar-refractivity contribution in [3.63, 3.8) is 0 Å². The Morgan fingerprint density at radius 2 is 1.56 bits per heavy atom. The third-order valence-electron chi connectivity index (χ3n) is 4.44. The van der Waals surface area contributed by atoms with Crippen LogP contribution in [0, 0.1) is 6.92 Å². The number of halogens is 1. The highest BCUT2D eigenvalue weighted by Gasteiger charge is 2.21. The Morgan fingerprint density at radius 1 is 0.852 bits per heavy atom. The van der Waals surface area contributed by atoms with E-state index < -0.39 is 9.84 Å². The molecule has 134 valence electrons. The first-order chi connectivity index (χ1) is 12.9. The summed E-state index contributed by atoms with van der Waals surface area (Å²) >= 11 is 6.17. The maximum atomic E-state index is 13.2. The molecule has 3 nitrogen and oxygen atoms in total. The molecule has 0 bridgehead atoms. The summed E-state index contributed by atoms with van der Waals surface area (Å²) in [5, 5.41) is 1.42. The Hall–Kier alpha value is -2.69. The Balaban J connectivity index is 2.00. The van der Waals surface area contributed by atoms with E-state index in [1.807, 2.05) is 43.3 Å². The molecule has 0 N–H and O–H groups in total. The van der Waals surface area contributed by atoms with Crippen LogP contribution in [0.4, 0.5) is 0 Å². The van der Waals surface area contributed by atoms with E-state index in [1.165, 1.54) is 0 Å². The van der Waals surface area contributed by atoms with Crippen molar-refractivity contribution in [2.45, 2.75) is 16.8 Å². The van der Waals surface area contributed by atoms with Crippen LogP contribution in [0.1, 0.15) is 5.56 Å². The Morgan fingerprint density at radius 3 is 2.26 bits per heavy atom. The molecular formula is C22H16ClNO2S. The van der Waals surface area contributed by atoms with Crippen molar-refractivity contribution in [1.82, 2.24) is 4.98 Å². The van der Waals surface area contributed by atoms with Gasteiger partial charge in [-0.15, -0.1) is 0 Å². The van der Waals surface area contributed by atoms with Crippen LogP contribution in [0.5, 0.6) is 0 Å². The lowest BCUT2D eigenvalue weighted by atomic mass is 10.0. The largest absolute Gasteiger partial charge is 0.236 e. The van der Waals surface area contributed by atoms with Gasteiger partial charge in [0.1, 0.15) is 0 Å². The van der Waals surface area contributed by atoms with Crippen LogP contribution < -0.4 is 0 Å². The minimum atomic E-state index is -3.73.